The third kappa shape index (κ3) is 3.71. The molecule has 0 unspecified atom stereocenters. The van der Waals surface area contributed by atoms with Crippen LogP contribution in [-0.2, 0) is 7.05 Å². The van der Waals surface area contributed by atoms with Crippen molar-refractivity contribution in [2.45, 2.75) is 31.6 Å². The first-order valence-corrected chi connectivity index (χ1v) is 10.6. The molecule has 0 radical (unpaired) electrons. The molecule has 3 aromatic rings. The molecule has 1 N–H and O–H groups in total. The van der Waals surface area contributed by atoms with Gasteiger partial charge in [0.25, 0.3) is 5.91 Å². The third-order valence-electron chi connectivity index (χ3n) is 6.21. The highest BCUT2D eigenvalue weighted by Gasteiger charge is 2.27. The van der Waals surface area contributed by atoms with Gasteiger partial charge in [-0.05, 0) is 49.8 Å². The van der Waals surface area contributed by atoms with Crippen molar-refractivity contribution in [1.82, 2.24) is 19.4 Å². The van der Waals surface area contributed by atoms with Crippen molar-refractivity contribution in [2.24, 2.45) is 13.0 Å². The lowest BCUT2D eigenvalue weighted by atomic mass is 9.92. The van der Waals surface area contributed by atoms with E-state index in [1.807, 2.05) is 48.6 Å². The van der Waals surface area contributed by atoms with Crippen LogP contribution in [0.3, 0.4) is 0 Å². The van der Waals surface area contributed by atoms with E-state index in [-0.39, 0.29) is 5.91 Å². The molecular weight excluding hydrogens is 362 g/mol. The second-order valence-corrected chi connectivity index (χ2v) is 8.38. The number of rotatable bonds is 5. The van der Waals surface area contributed by atoms with Crippen LogP contribution in [0.5, 0.6) is 0 Å². The molecule has 1 aliphatic carbocycles. The van der Waals surface area contributed by atoms with E-state index in [0.717, 1.165) is 66.5 Å². The monoisotopic (exact) mass is 389 g/mol. The number of fused-ring (bicyclic) bond motifs is 1. The van der Waals surface area contributed by atoms with E-state index in [9.17, 15) is 4.79 Å². The molecular formula is C23H27N5O. The Balaban J connectivity index is 1.33. The number of amides is 1. The minimum Gasteiger partial charge on any atom is -0.368 e. The van der Waals surface area contributed by atoms with Crippen LogP contribution in [0.4, 0.5) is 5.82 Å². The lowest BCUT2D eigenvalue weighted by molar-refractivity contribution is 0.0712. The van der Waals surface area contributed by atoms with Crippen LogP contribution in [0.1, 0.15) is 47.7 Å². The van der Waals surface area contributed by atoms with E-state index in [0.29, 0.717) is 5.92 Å². The lowest BCUT2D eigenvalue weighted by Crippen LogP contribution is -2.38. The van der Waals surface area contributed by atoms with E-state index in [1.54, 1.807) is 0 Å². The van der Waals surface area contributed by atoms with E-state index in [4.69, 9.17) is 4.98 Å². The summed E-state index contributed by atoms with van der Waals surface area (Å²) in [5.74, 6) is 2.20. The summed E-state index contributed by atoms with van der Waals surface area (Å²) in [5, 5.41) is 3.54. The molecule has 1 saturated carbocycles. The van der Waals surface area contributed by atoms with Gasteiger partial charge in [-0.1, -0.05) is 18.2 Å². The number of imidazole rings is 1. The highest BCUT2D eigenvalue weighted by atomic mass is 16.2. The van der Waals surface area contributed by atoms with Crippen molar-refractivity contribution in [1.29, 1.82) is 0 Å². The normalized spacial score (nSPS) is 17.6. The minimum atomic E-state index is 0.130. The van der Waals surface area contributed by atoms with E-state index < -0.39 is 0 Å². The van der Waals surface area contributed by atoms with Crippen molar-refractivity contribution in [3.05, 3.63) is 54.0 Å². The maximum atomic E-state index is 12.7. The van der Waals surface area contributed by atoms with Crippen molar-refractivity contribution in [2.75, 3.05) is 25.0 Å². The first-order chi connectivity index (χ1) is 14.2. The van der Waals surface area contributed by atoms with E-state index in [1.165, 1.54) is 12.8 Å². The zero-order chi connectivity index (χ0) is 19.8. The topological polar surface area (TPSA) is 63.1 Å². The summed E-state index contributed by atoms with van der Waals surface area (Å²) < 4.78 is 2.07. The number of carbonyl (C=O) groups is 1. The number of carbonyl (C=O) groups excluding carboxylic acids is 1. The van der Waals surface area contributed by atoms with Crippen LogP contribution in [-0.4, -0.2) is 45.0 Å². The number of nitrogens with zero attached hydrogens (tertiary/aromatic N) is 4. The average molecular weight is 390 g/mol. The fourth-order valence-electron chi connectivity index (χ4n) is 4.18. The minimum absolute atomic E-state index is 0.130. The van der Waals surface area contributed by atoms with E-state index in [2.05, 4.69) is 20.9 Å². The van der Waals surface area contributed by atoms with Gasteiger partial charge in [-0.25, -0.2) is 9.97 Å². The van der Waals surface area contributed by atoms with Crippen LogP contribution in [0.15, 0.2) is 42.7 Å². The third-order valence-corrected chi connectivity index (χ3v) is 6.21. The Morgan fingerprint density at radius 2 is 1.90 bits per heavy atom. The Morgan fingerprint density at radius 1 is 1.14 bits per heavy atom. The molecule has 0 atom stereocenters. The number of pyridine rings is 1. The predicted molar refractivity (Wildman–Crippen MR) is 114 cm³/mol. The Hall–Kier alpha value is -2.89. The summed E-state index contributed by atoms with van der Waals surface area (Å²) in [6.45, 7) is 2.52. The number of aryl methyl sites for hydroxylation is 1. The number of hydrogen-bond donors (Lipinski definition) is 1. The van der Waals surface area contributed by atoms with Gasteiger partial charge in [0.2, 0.25) is 0 Å². The molecule has 29 heavy (non-hydrogen) atoms. The molecule has 2 aliphatic rings. The summed E-state index contributed by atoms with van der Waals surface area (Å²) >= 11 is 0. The number of piperidine rings is 1. The Kier molecular flexibility index (Phi) is 4.70. The molecule has 1 saturated heterocycles. The number of aromatic nitrogens is 3. The molecule has 1 aromatic carbocycles. The fraction of sp³-hybridized carbons (Fsp3) is 0.435. The van der Waals surface area contributed by atoms with Gasteiger partial charge in [0.15, 0.2) is 5.82 Å². The first-order valence-electron chi connectivity index (χ1n) is 10.6. The van der Waals surface area contributed by atoms with E-state index >= 15 is 0 Å². The van der Waals surface area contributed by atoms with Gasteiger partial charge in [-0.2, -0.15) is 0 Å². The summed E-state index contributed by atoms with van der Waals surface area (Å²) in [7, 11) is 2.03. The van der Waals surface area contributed by atoms with Gasteiger partial charge in [-0.3, -0.25) is 4.79 Å². The zero-order valence-electron chi connectivity index (χ0n) is 16.8. The maximum Gasteiger partial charge on any atom is 0.253 e. The van der Waals surface area contributed by atoms with Crippen molar-refractivity contribution >= 4 is 22.8 Å². The second kappa shape index (κ2) is 7.50. The molecule has 5 rings (SSSR count). The van der Waals surface area contributed by atoms with Crippen molar-refractivity contribution in [3.8, 4) is 0 Å². The number of nitrogens with one attached hydrogen (secondary N) is 1. The highest BCUT2D eigenvalue weighted by molar-refractivity contribution is 5.94. The average Bonchev–Trinajstić information content (AvgIpc) is 3.53. The molecule has 3 heterocycles. The number of benzene rings is 1. The molecule has 1 aliphatic heterocycles. The van der Waals surface area contributed by atoms with Crippen LogP contribution in [0.2, 0.25) is 0 Å². The van der Waals surface area contributed by atoms with Crippen molar-refractivity contribution < 1.29 is 4.79 Å². The number of anilines is 1. The van der Waals surface area contributed by atoms with Gasteiger partial charge in [0.05, 0.1) is 11.8 Å². The highest BCUT2D eigenvalue weighted by Crippen LogP contribution is 2.33. The molecule has 150 valence electrons. The Bertz CT molecular complexity index is 1020. The zero-order valence-corrected chi connectivity index (χ0v) is 16.8. The van der Waals surface area contributed by atoms with Gasteiger partial charge >= 0.3 is 0 Å². The largest absolute Gasteiger partial charge is 0.368 e. The molecule has 6 heteroatoms. The van der Waals surface area contributed by atoms with Crippen LogP contribution >= 0.6 is 0 Å². The summed E-state index contributed by atoms with van der Waals surface area (Å²) in [6, 6.07) is 11.8. The fourth-order valence-corrected chi connectivity index (χ4v) is 4.18. The summed E-state index contributed by atoms with van der Waals surface area (Å²) in [6.07, 6.45) is 6.37. The summed E-state index contributed by atoms with van der Waals surface area (Å²) in [5.41, 5.74) is 3.96. The van der Waals surface area contributed by atoms with Crippen LogP contribution in [0, 0.1) is 5.92 Å². The molecule has 6 nitrogen and oxygen atoms in total. The second-order valence-electron chi connectivity index (χ2n) is 8.38. The van der Waals surface area contributed by atoms with Gasteiger partial charge < -0.3 is 14.8 Å². The maximum absolute atomic E-state index is 12.7. The Labute approximate surface area is 171 Å². The quantitative estimate of drug-likeness (QED) is 0.721. The smallest absolute Gasteiger partial charge is 0.253 e. The van der Waals surface area contributed by atoms with Gasteiger partial charge in [0.1, 0.15) is 5.52 Å². The van der Waals surface area contributed by atoms with Crippen LogP contribution < -0.4 is 5.32 Å². The number of hydrogen-bond acceptors (Lipinski definition) is 4. The molecule has 2 fully saturated rings. The Morgan fingerprint density at radius 3 is 2.62 bits per heavy atom. The molecule has 2 aromatic heterocycles. The molecule has 0 bridgehead atoms. The van der Waals surface area contributed by atoms with Gasteiger partial charge in [-0.15, -0.1) is 0 Å². The summed E-state index contributed by atoms with van der Waals surface area (Å²) in [4.78, 5) is 24.2. The SMILES string of the molecule is Cn1cnc2c(NCC3CC3)nc(C3CCN(C(=O)c4ccccc4)CC3)cc21. The standard InChI is InChI=1S/C23H27N5O/c1-27-15-25-21-20(27)13-19(26-22(21)24-14-16-7-8-16)17-9-11-28(12-10-17)23(29)18-5-3-2-4-6-18/h2-6,13,15-17H,7-12,14H2,1H3,(H,24,26). The van der Waals surface area contributed by atoms with Gasteiger partial charge in [0, 0.05) is 43.9 Å². The lowest BCUT2D eigenvalue weighted by Gasteiger charge is -2.32. The van der Waals surface area contributed by atoms with Crippen molar-refractivity contribution in [3.63, 3.8) is 0 Å². The number of likely N-dealkylation sites (tertiary alicyclic amines) is 1. The predicted octanol–water partition coefficient (Wildman–Crippen LogP) is 3.81. The molecule has 1 amide bonds. The van der Waals surface area contributed by atoms with Crippen LogP contribution in [0.25, 0.3) is 11.0 Å². The first kappa shape index (κ1) is 18.2. The molecule has 0 spiro atoms.